The zero-order valence-corrected chi connectivity index (χ0v) is 17.9. The molecule has 0 spiro atoms. The van der Waals surface area contributed by atoms with Crippen LogP contribution in [0.1, 0.15) is 57.5 Å². The average molecular weight is 435 g/mol. The van der Waals surface area contributed by atoms with E-state index in [-0.39, 0.29) is 34.7 Å². The van der Waals surface area contributed by atoms with E-state index in [1.807, 2.05) is 12.1 Å². The number of fused-ring (bicyclic) bond motifs is 2. The summed E-state index contributed by atoms with van der Waals surface area (Å²) >= 11 is 0. The lowest BCUT2D eigenvalue weighted by Crippen LogP contribution is -2.51. The van der Waals surface area contributed by atoms with E-state index in [0.29, 0.717) is 28.8 Å². The third kappa shape index (κ3) is 3.15. The highest BCUT2D eigenvalue weighted by Gasteiger charge is 2.47. The molecular formula is C25H23F2N3O2. The third-order valence-electron chi connectivity index (χ3n) is 6.80. The molecule has 1 amide bonds. The second kappa shape index (κ2) is 7.65. The molecule has 3 atom stereocenters. The predicted molar refractivity (Wildman–Crippen MR) is 116 cm³/mol. The molecular weight excluding hydrogens is 412 g/mol. The van der Waals surface area contributed by atoms with Gasteiger partial charge in [-0.15, -0.1) is 0 Å². The fourth-order valence-electron chi connectivity index (χ4n) is 5.19. The largest absolute Gasteiger partial charge is 0.332 e. The fraction of sp³-hybridized carbons (Fsp3) is 0.320. The Morgan fingerprint density at radius 2 is 1.84 bits per heavy atom. The molecule has 0 saturated carbocycles. The minimum atomic E-state index is -0.465. The molecule has 5 rings (SSSR count). The lowest BCUT2D eigenvalue weighted by Gasteiger charge is -2.43. The van der Waals surface area contributed by atoms with Crippen LogP contribution >= 0.6 is 0 Å². The number of amides is 1. The molecule has 0 bridgehead atoms. The molecule has 32 heavy (non-hydrogen) atoms. The Kier molecular flexibility index (Phi) is 4.92. The Hall–Kier alpha value is -3.35. The van der Waals surface area contributed by atoms with Crippen LogP contribution in [0.25, 0.3) is 0 Å². The Morgan fingerprint density at radius 1 is 1.06 bits per heavy atom. The van der Waals surface area contributed by atoms with Crippen molar-refractivity contribution >= 4 is 5.91 Å². The Morgan fingerprint density at radius 3 is 2.59 bits per heavy atom. The fourth-order valence-corrected chi connectivity index (χ4v) is 5.19. The van der Waals surface area contributed by atoms with Crippen molar-refractivity contribution in [3.63, 3.8) is 0 Å². The van der Waals surface area contributed by atoms with E-state index in [4.69, 9.17) is 0 Å². The van der Waals surface area contributed by atoms with Crippen molar-refractivity contribution in [1.29, 1.82) is 0 Å². The molecule has 0 radical (unpaired) electrons. The van der Waals surface area contributed by atoms with Crippen LogP contribution in [0.15, 0.2) is 53.5 Å². The number of carbonyl (C=O) groups is 1. The molecule has 2 aliphatic rings. The van der Waals surface area contributed by atoms with Crippen LogP contribution in [0.4, 0.5) is 8.78 Å². The van der Waals surface area contributed by atoms with Crippen LogP contribution in [-0.4, -0.2) is 33.2 Å². The van der Waals surface area contributed by atoms with Crippen molar-refractivity contribution in [3.05, 3.63) is 98.5 Å². The first-order valence-corrected chi connectivity index (χ1v) is 10.8. The van der Waals surface area contributed by atoms with E-state index < -0.39 is 12.0 Å². The number of aromatic nitrogens is 2. The van der Waals surface area contributed by atoms with E-state index in [0.717, 1.165) is 12.8 Å². The van der Waals surface area contributed by atoms with E-state index in [2.05, 4.69) is 5.10 Å². The van der Waals surface area contributed by atoms with Gasteiger partial charge in [0.15, 0.2) is 0 Å². The topological polar surface area (TPSA) is 55.2 Å². The molecule has 0 N–H and O–H groups in total. The van der Waals surface area contributed by atoms with Crippen molar-refractivity contribution in [2.24, 2.45) is 0 Å². The molecule has 3 heterocycles. The summed E-state index contributed by atoms with van der Waals surface area (Å²) in [5.41, 5.74) is 2.16. The van der Waals surface area contributed by atoms with E-state index in [1.54, 1.807) is 35.6 Å². The first kappa shape index (κ1) is 20.5. The van der Waals surface area contributed by atoms with Gasteiger partial charge in [0.2, 0.25) is 5.43 Å². The molecule has 0 unspecified atom stereocenters. The summed E-state index contributed by atoms with van der Waals surface area (Å²) in [6.45, 7) is 3.91. The van der Waals surface area contributed by atoms with Crippen molar-refractivity contribution in [1.82, 2.24) is 14.7 Å². The van der Waals surface area contributed by atoms with Crippen LogP contribution in [0.5, 0.6) is 0 Å². The van der Waals surface area contributed by atoms with E-state index in [9.17, 15) is 18.4 Å². The molecule has 2 aromatic carbocycles. The van der Waals surface area contributed by atoms with Crippen molar-refractivity contribution in [3.8, 4) is 0 Å². The molecule has 1 fully saturated rings. The van der Waals surface area contributed by atoms with Gasteiger partial charge in [-0.2, -0.15) is 5.10 Å². The van der Waals surface area contributed by atoms with Gasteiger partial charge < -0.3 is 4.90 Å². The number of benzene rings is 2. The quantitative estimate of drug-likeness (QED) is 0.622. The smallest absolute Gasteiger partial charge is 0.272 e. The van der Waals surface area contributed by atoms with Gasteiger partial charge in [-0.25, -0.2) is 8.78 Å². The second-order valence-corrected chi connectivity index (χ2v) is 8.67. The summed E-state index contributed by atoms with van der Waals surface area (Å²) in [7, 11) is 0. The van der Waals surface area contributed by atoms with Crippen LogP contribution in [0.3, 0.4) is 0 Å². The van der Waals surface area contributed by atoms with Gasteiger partial charge in [0, 0.05) is 18.0 Å². The molecule has 164 valence electrons. The van der Waals surface area contributed by atoms with Gasteiger partial charge in [0.05, 0.1) is 18.3 Å². The predicted octanol–water partition coefficient (Wildman–Crippen LogP) is 4.13. The standard InChI is InChI=1S/C25H23F2N3O2/c1-14-8-9-17(12-19(14)27)22(16-5-3-6-18(26)11-16)24-20-7-4-10-29(20)25(32)23-15(2)21(31)13-28-30(23)24/h3,5-6,8-9,11-13,20,22,24H,4,7,10H2,1-2H3/t20-,22-,24-/m1/s1. The second-order valence-electron chi connectivity index (χ2n) is 8.67. The SMILES string of the molecule is Cc1ccc([C@@H](c2cccc(F)c2)[C@H]2[C@H]3CCCN3C(=O)c3c(C)c(=O)cnn32)cc1F. The number of aryl methyl sites for hydroxylation is 1. The highest BCUT2D eigenvalue weighted by atomic mass is 19.1. The van der Waals surface area contributed by atoms with Gasteiger partial charge >= 0.3 is 0 Å². The third-order valence-corrected chi connectivity index (χ3v) is 6.80. The van der Waals surface area contributed by atoms with Crippen LogP contribution in [0, 0.1) is 25.5 Å². The molecule has 1 aromatic heterocycles. The summed E-state index contributed by atoms with van der Waals surface area (Å²) in [4.78, 5) is 27.4. The van der Waals surface area contributed by atoms with Gasteiger partial charge in [0.25, 0.3) is 5.91 Å². The highest BCUT2D eigenvalue weighted by molar-refractivity contribution is 5.95. The summed E-state index contributed by atoms with van der Waals surface area (Å²) in [5, 5.41) is 4.38. The number of halogens is 2. The van der Waals surface area contributed by atoms with Gasteiger partial charge in [0.1, 0.15) is 17.3 Å². The first-order chi connectivity index (χ1) is 15.4. The summed E-state index contributed by atoms with van der Waals surface area (Å²) < 4.78 is 30.6. The average Bonchev–Trinajstić information content (AvgIpc) is 3.25. The molecule has 7 heteroatoms. The first-order valence-electron chi connectivity index (χ1n) is 10.8. The lowest BCUT2D eigenvalue weighted by atomic mass is 9.79. The number of hydrogen-bond donors (Lipinski definition) is 0. The Labute approximate surface area is 184 Å². The zero-order valence-electron chi connectivity index (χ0n) is 17.9. The van der Waals surface area contributed by atoms with Crippen molar-refractivity contribution in [2.45, 2.75) is 44.7 Å². The minimum Gasteiger partial charge on any atom is -0.332 e. The number of nitrogens with zero attached hydrogens (tertiary/aromatic N) is 3. The maximum absolute atomic E-state index is 14.6. The molecule has 1 saturated heterocycles. The summed E-state index contributed by atoms with van der Waals surface area (Å²) in [6, 6.07) is 10.7. The van der Waals surface area contributed by atoms with Crippen LogP contribution < -0.4 is 5.43 Å². The summed E-state index contributed by atoms with van der Waals surface area (Å²) in [5.74, 6) is -1.41. The van der Waals surface area contributed by atoms with E-state index >= 15 is 0 Å². The van der Waals surface area contributed by atoms with Crippen LogP contribution in [0.2, 0.25) is 0 Å². The Balaban J connectivity index is 1.79. The molecule has 0 aliphatic carbocycles. The monoisotopic (exact) mass is 435 g/mol. The molecule has 2 aliphatic heterocycles. The van der Waals surface area contributed by atoms with Crippen molar-refractivity contribution in [2.75, 3.05) is 6.54 Å². The minimum absolute atomic E-state index is 0.193. The van der Waals surface area contributed by atoms with Crippen LogP contribution in [-0.2, 0) is 0 Å². The van der Waals surface area contributed by atoms with Gasteiger partial charge in [-0.05, 0) is 61.6 Å². The lowest BCUT2D eigenvalue weighted by molar-refractivity contribution is 0.0570. The maximum Gasteiger partial charge on any atom is 0.272 e. The normalized spacial score (nSPS) is 20.8. The molecule has 5 nitrogen and oxygen atoms in total. The number of hydrogen-bond acceptors (Lipinski definition) is 3. The highest BCUT2D eigenvalue weighted by Crippen LogP contribution is 2.45. The number of rotatable bonds is 3. The maximum atomic E-state index is 14.6. The van der Waals surface area contributed by atoms with Gasteiger partial charge in [-0.3, -0.25) is 14.3 Å². The van der Waals surface area contributed by atoms with Crippen molar-refractivity contribution < 1.29 is 13.6 Å². The van der Waals surface area contributed by atoms with Gasteiger partial charge in [-0.1, -0.05) is 24.3 Å². The molecule has 3 aromatic rings. The summed E-state index contributed by atoms with van der Waals surface area (Å²) in [6.07, 6.45) is 2.80. The number of carbonyl (C=O) groups excluding carboxylic acids is 1. The van der Waals surface area contributed by atoms with E-state index in [1.165, 1.54) is 24.4 Å². The Bertz CT molecular complexity index is 1290. The zero-order chi connectivity index (χ0) is 22.6.